The van der Waals surface area contributed by atoms with Gasteiger partial charge in [0.15, 0.2) is 16.7 Å². The molecule has 0 spiro atoms. The molecule has 1 unspecified atom stereocenters. The van der Waals surface area contributed by atoms with Crippen LogP contribution in [0.1, 0.15) is 34.8 Å². The molecule has 4 aromatic rings. The highest BCUT2D eigenvalue weighted by molar-refractivity contribution is 7.22. The second kappa shape index (κ2) is 8.93. The first-order valence-electron chi connectivity index (χ1n) is 10.9. The maximum absolute atomic E-state index is 13.4. The van der Waals surface area contributed by atoms with Gasteiger partial charge in [-0.3, -0.25) is 24.6 Å². The average molecular weight is 506 g/mol. The highest BCUT2D eigenvalue weighted by Gasteiger charge is 2.46. The Kier molecular flexibility index (Phi) is 5.77. The number of carbonyl (C=O) groups is 2. The number of aliphatic hydroxyl groups excluding tert-OH is 1. The Bertz CT molecular complexity index is 1570. The molecule has 0 saturated carbocycles. The number of hydrogen-bond donors (Lipinski definition) is 1. The number of nitrogens with zero attached hydrogens (tertiary/aromatic N) is 3. The summed E-state index contributed by atoms with van der Waals surface area (Å²) in [6, 6.07) is 12.7. The van der Waals surface area contributed by atoms with Crippen LogP contribution < -0.4 is 9.64 Å². The lowest BCUT2D eigenvalue weighted by Crippen LogP contribution is -2.31. The lowest BCUT2D eigenvalue weighted by Gasteiger charge is -2.24. The molecule has 2 aromatic carbocycles. The van der Waals surface area contributed by atoms with E-state index in [1.54, 1.807) is 37.3 Å². The van der Waals surface area contributed by atoms with E-state index in [1.165, 1.54) is 40.5 Å². The van der Waals surface area contributed by atoms with Crippen LogP contribution in [0, 0.1) is 17.0 Å². The number of anilines is 1. The molecule has 3 heterocycles. The highest BCUT2D eigenvalue weighted by atomic mass is 32.1. The first-order chi connectivity index (χ1) is 17.3. The van der Waals surface area contributed by atoms with Crippen LogP contribution >= 0.6 is 11.3 Å². The number of hydrogen-bond acceptors (Lipinski definition) is 9. The van der Waals surface area contributed by atoms with Crippen molar-refractivity contribution in [3.63, 3.8) is 0 Å². The number of aliphatic hydroxyl groups is 1. The van der Waals surface area contributed by atoms with Crippen molar-refractivity contribution in [2.75, 3.05) is 11.5 Å². The van der Waals surface area contributed by atoms with Gasteiger partial charge >= 0.3 is 0 Å². The molecular weight excluding hydrogens is 486 g/mol. The summed E-state index contributed by atoms with van der Waals surface area (Å²) >= 11 is 1.17. The number of fused-ring (bicyclic) bond motifs is 1. The summed E-state index contributed by atoms with van der Waals surface area (Å²) in [5.74, 6) is -1.27. The SMILES string of the molecule is CCOc1ccc2nc(N3C(=O)C(O)=C(C(=O)c4ccc(C)o4)C3c3cccc([N+](=O)[O-])c3)sc2c1. The summed E-state index contributed by atoms with van der Waals surface area (Å²) in [6.45, 7) is 4.00. The highest BCUT2D eigenvalue weighted by Crippen LogP contribution is 2.45. The molecule has 36 heavy (non-hydrogen) atoms. The number of non-ortho nitro benzene ring substituents is 1. The van der Waals surface area contributed by atoms with Gasteiger partial charge in [-0.1, -0.05) is 23.5 Å². The normalized spacial score (nSPS) is 15.7. The fraction of sp³-hybridized carbons (Fsp3) is 0.160. The van der Waals surface area contributed by atoms with E-state index < -0.39 is 28.4 Å². The number of furan rings is 1. The van der Waals surface area contributed by atoms with Crippen LogP contribution in [0.2, 0.25) is 0 Å². The predicted octanol–water partition coefficient (Wildman–Crippen LogP) is 5.29. The van der Waals surface area contributed by atoms with Crippen molar-refractivity contribution in [3.05, 3.63) is 93.1 Å². The molecule has 1 atom stereocenters. The topological polar surface area (TPSA) is 136 Å². The Balaban J connectivity index is 1.67. The molecule has 0 fully saturated rings. The molecule has 182 valence electrons. The van der Waals surface area contributed by atoms with Crippen LogP contribution in [-0.4, -0.2) is 33.3 Å². The van der Waals surface area contributed by atoms with Crippen LogP contribution in [0.25, 0.3) is 10.2 Å². The Morgan fingerprint density at radius 1 is 1.25 bits per heavy atom. The van der Waals surface area contributed by atoms with Crippen molar-refractivity contribution in [1.82, 2.24) is 4.98 Å². The summed E-state index contributed by atoms with van der Waals surface area (Å²) in [7, 11) is 0. The third-order valence-electron chi connectivity index (χ3n) is 5.68. The number of amides is 1. The number of ketones is 1. The number of aryl methyl sites for hydroxylation is 1. The molecule has 11 heteroatoms. The average Bonchev–Trinajstić information content (AvgIpc) is 3.55. The van der Waals surface area contributed by atoms with E-state index in [4.69, 9.17) is 9.15 Å². The van der Waals surface area contributed by atoms with Crippen molar-refractivity contribution in [1.29, 1.82) is 0 Å². The first-order valence-corrected chi connectivity index (χ1v) is 11.8. The Morgan fingerprint density at radius 2 is 2.06 bits per heavy atom. The fourth-order valence-corrected chi connectivity index (χ4v) is 5.12. The maximum atomic E-state index is 13.4. The molecule has 2 aromatic heterocycles. The Labute approximate surface area is 208 Å². The molecule has 0 aliphatic carbocycles. The minimum atomic E-state index is -1.16. The minimum absolute atomic E-state index is 0.0650. The molecular formula is C25H19N3O7S. The lowest BCUT2D eigenvalue weighted by molar-refractivity contribution is -0.384. The van der Waals surface area contributed by atoms with Gasteiger partial charge in [0, 0.05) is 12.1 Å². The van der Waals surface area contributed by atoms with Crippen molar-refractivity contribution in [2.24, 2.45) is 0 Å². The summed E-state index contributed by atoms with van der Waals surface area (Å²) in [6.07, 6.45) is 0. The second-order valence-corrected chi connectivity index (χ2v) is 9.00. The van der Waals surface area contributed by atoms with E-state index in [0.717, 1.165) is 4.70 Å². The lowest BCUT2D eigenvalue weighted by atomic mass is 9.95. The standard InChI is InChI=1S/C25H19N3O7S/c1-3-34-16-8-9-17-19(12-16)36-25(26-17)27-21(14-5-4-6-15(11-14)28(32)33)20(23(30)24(27)31)22(29)18-10-7-13(2)35-18/h4-12,21,30H,3H2,1-2H3. The Hall–Kier alpha value is -4.51. The van der Waals surface area contributed by atoms with Gasteiger partial charge in [-0.2, -0.15) is 0 Å². The molecule has 10 nitrogen and oxygen atoms in total. The van der Waals surface area contributed by atoms with Gasteiger partial charge in [0.25, 0.3) is 11.6 Å². The molecule has 1 amide bonds. The van der Waals surface area contributed by atoms with E-state index in [-0.39, 0.29) is 27.7 Å². The van der Waals surface area contributed by atoms with E-state index in [1.807, 2.05) is 6.92 Å². The van der Waals surface area contributed by atoms with Gasteiger partial charge in [-0.25, -0.2) is 4.98 Å². The fourth-order valence-electron chi connectivity index (χ4n) is 4.10. The van der Waals surface area contributed by atoms with Gasteiger partial charge in [0.2, 0.25) is 5.78 Å². The summed E-state index contributed by atoms with van der Waals surface area (Å²) in [4.78, 5) is 43.4. The zero-order chi connectivity index (χ0) is 25.6. The van der Waals surface area contributed by atoms with Gasteiger partial charge in [0.1, 0.15) is 11.5 Å². The number of carbonyl (C=O) groups excluding carboxylic acids is 2. The van der Waals surface area contributed by atoms with Gasteiger partial charge in [0.05, 0.1) is 33.4 Å². The first kappa shape index (κ1) is 23.2. The van der Waals surface area contributed by atoms with Crippen LogP contribution in [0.15, 0.2) is 70.3 Å². The van der Waals surface area contributed by atoms with E-state index in [2.05, 4.69) is 4.98 Å². The van der Waals surface area contributed by atoms with E-state index in [9.17, 15) is 24.8 Å². The largest absolute Gasteiger partial charge is 0.503 e. The van der Waals surface area contributed by atoms with Gasteiger partial charge < -0.3 is 14.3 Å². The smallest absolute Gasteiger partial charge is 0.296 e. The van der Waals surface area contributed by atoms with Crippen LogP contribution in [0.5, 0.6) is 5.75 Å². The van der Waals surface area contributed by atoms with Crippen molar-refractivity contribution in [2.45, 2.75) is 19.9 Å². The molecule has 5 rings (SSSR count). The van der Waals surface area contributed by atoms with Crippen LogP contribution in [0.3, 0.4) is 0 Å². The van der Waals surface area contributed by atoms with Crippen molar-refractivity contribution in [3.8, 4) is 5.75 Å². The van der Waals surface area contributed by atoms with Crippen LogP contribution in [-0.2, 0) is 4.79 Å². The number of benzene rings is 2. The van der Waals surface area contributed by atoms with Gasteiger partial charge in [-0.15, -0.1) is 0 Å². The molecule has 1 N–H and O–H groups in total. The minimum Gasteiger partial charge on any atom is -0.503 e. The third kappa shape index (κ3) is 3.89. The Morgan fingerprint density at radius 3 is 2.75 bits per heavy atom. The number of nitro groups is 1. The summed E-state index contributed by atoms with van der Waals surface area (Å²) < 4.78 is 11.7. The van der Waals surface area contributed by atoms with Gasteiger partial charge in [-0.05, 0) is 49.7 Å². The number of nitro benzene ring substituents is 1. The quantitative estimate of drug-likeness (QED) is 0.203. The monoisotopic (exact) mass is 505 g/mol. The van der Waals surface area contributed by atoms with E-state index in [0.29, 0.717) is 23.6 Å². The number of thiazole rings is 1. The summed E-state index contributed by atoms with van der Waals surface area (Å²) in [5, 5.41) is 22.5. The van der Waals surface area contributed by atoms with Crippen molar-refractivity contribution < 1.29 is 28.8 Å². The zero-order valence-corrected chi connectivity index (χ0v) is 19.9. The second-order valence-electron chi connectivity index (χ2n) is 7.99. The zero-order valence-electron chi connectivity index (χ0n) is 19.1. The molecule has 0 saturated heterocycles. The van der Waals surface area contributed by atoms with Crippen molar-refractivity contribution >= 4 is 44.1 Å². The van der Waals surface area contributed by atoms with Crippen LogP contribution in [0.4, 0.5) is 10.8 Å². The third-order valence-corrected chi connectivity index (χ3v) is 6.70. The van der Waals surface area contributed by atoms with E-state index >= 15 is 0 Å². The molecule has 1 aliphatic heterocycles. The number of rotatable bonds is 7. The number of ether oxygens (including phenoxy) is 1. The molecule has 0 radical (unpaired) electrons. The molecule has 0 bridgehead atoms. The number of aromatic nitrogens is 1. The molecule has 1 aliphatic rings. The summed E-state index contributed by atoms with van der Waals surface area (Å²) in [5.41, 5.74) is 0.383. The number of Topliss-reactive ketones (excluding diaryl/α,β-unsaturated/α-hetero) is 1. The maximum Gasteiger partial charge on any atom is 0.296 e. The predicted molar refractivity (Wildman–Crippen MR) is 132 cm³/mol.